The SMILES string of the molecule is [C-]#[N+]C[C@H]1CN(c2nc(OC[C@@H]3CC(F)(F)CN3C(=O)OC(C)(C)C)nc3c(F)c(-c4cccc5ccc(F)c(Cl)c45)ncc23)CCN1C(=O)OC(C)(C)C. The molecule has 4 aromatic rings. The number of hydrogen-bond donors (Lipinski definition) is 0. The van der Waals surface area contributed by atoms with Gasteiger partial charge in [-0.25, -0.2) is 33.7 Å². The largest absolute Gasteiger partial charge is 0.461 e. The van der Waals surface area contributed by atoms with E-state index in [0.717, 1.165) is 4.90 Å². The first-order valence-corrected chi connectivity index (χ1v) is 17.9. The van der Waals surface area contributed by atoms with Crippen LogP contribution in [0.1, 0.15) is 48.0 Å². The molecule has 0 aliphatic carbocycles. The molecule has 6 rings (SSSR count). The number of anilines is 1. The second kappa shape index (κ2) is 14.8. The van der Waals surface area contributed by atoms with Crippen LogP contribution in [0, 0.1) is 18.2 Å². The maximum Gasteiger partial charge on any atom is 0.410 e. The van der Waals surface area contributed by atoms with Crippen molar-refractivity contribution in [1.29, 1.82) is 0 Å². The zero-order chi connectivity index (χ0) is 40.0. The molecule has 55 heavy (non-hydrogen) atoms. The predicted molar refractivity (Wildman–Crippen MR) is 197 cm³/mol. The van der Waals surface area contributed by atoms with Crippen LogP contribution in [0.25, 0.3) is 37.8 Å². The van der Waals surface area contributed by atoms with E-state index in [2.05, 4.69) is 19.8 Å². The summed E-state index contributed by atoms with van der Waals surface area (Å²) < 4.78 is 77.8. The van der Waals surface area contributed by atoms with Crippen LogP contribution >= 0.6 is 11.6 Å². The van der Waals surface area contributed by atoms with Gasteiger partial charge in [0.25, 0.3) is 5.92 Å². The zero-order valence-corrected chi connectivity index (χ0v) is 31.9. The third-order valence-corrected chi connectivity index (χ3v) is 9.33. The van der Waals surface area contributed by atoms with E-state index >= 15 is 4.39 Å². The number of carbonyl (C=O) groups excluding carboxylic acids is 2. The summed E-state index contributed by atoms with van der Waals surface area (Å²) in [6.45, 7) is 16.5. The number of alkyl halides is 2. The zero-order valence-electron chi connectivity index (χ0n) is 31.1. The number of piperazine rings is 1. The number of halogens is 5. The molecule has 4 heterocycles. The molecule has 2 atom stereocenters. The number of rotatable bonds is 6. The molecule has 0 radical (unpaired) electrons. The third-order valence-electron chi connectivity index (χ3n) is 8.96. The quantitative estimate of drug-likeness (QED) is 0.141. The molecule has 12 nitrogen and oxygen atoms in total. The Morgan fingerprint density at radius 3 is 2.35 bits per heavy atom. The van der Waals surface area contributed by atoms with Crippen molar-refractivity contribution < 1.29 is 41.4 Å². The summed E-state index contributed by atoms with van der Waals surface area (Å²) in [6, 6.07) is 5.41. The van der Waals surface area contributed by atoms with Crippen LogP contribution < -0.4 is 9.64 Å². The smallest absolute Gasteiger partial charge is 0.410 e. The fraction of sp³-hybridized carbons (Fsp3) is 0.474. The summed E-state index contributed by atoms with van der Waals surface area (Å²) in [5, 5.41) is 0.680. The van der Waals surface area contributed by atoms with Crippen molar-refractivity contribution in [2.24, 2.45) is 0 Å². The lowest BCUT2D eigenvalue weighted by atomic mass is 10.0. The average molecular weight is 786 g/mol. The summed E-state index contributed by atoms with van der Waals surface area (Å²) in [6.07, 6.45) is -0.912. The van der Waals surface area contributed by atoms with Crippen LogP contribution in [-0.4, -0.2) is 105 Å². The lowest BCUT2D eigenvalue weighted by molar-refractivity contribution is -0.00277. The Morgan fingerprint density at radius 1 is 0.982 bits per heavy atom. The van der Waals surface area contributed by atoms with E-state index in [9.17, 15) is 22.8 Å². The number of fused-ring (bicyclic) bond motifs is 2. The maximum absolute atomic E-state index is 16.9. The molecule has 2 aromatic heterocycles. The molecule has 17 heteroatoms. The van der Waals surface area contributed by atoms with Gasteiger partial charge in [0, 0.05) is 43.2 Å². The molecule has 0 spiro atoms. The molecule has 2 amide bonds. The lowest BCUT2D eigenvalue weighted by Crippen LogP contribution is -2.57. The monoisotopic (exact) mass is 785 g/mol. The molecule has 2 aliphatic rings. The number of hydrogen-bond acceptors (Lipinski definition) is 9. The van der Waals surface area contributed by atoms with Crippen molar-refractivity contribution in [3.05, 3.63) is 64.6 Å². The summed E-state index contributed by atoms with van der Waals surface area (Å²) >= 11 is 6.38. The summed E-state index contributed by atoms with van der Waals surface area (Å²) in [7, 11) is 0. The van der Waals surface area contributed by atoms with Crippen molar-refractivity contribution in [1.82, 2.24) is 24.8 Å². The van der Waals surface area contributed by atoms with Crippen molar-refractivity contribution >= 4 is 51.3 Å². The van der Waals surface area contributed by atoms with E-state index in [-0.39, 0.29) is 64.6 Å². The summed E-state index contributed by atoms with van der Waals surface area (Å²) in [5.74, 6) is -4.72. The molecular weight excluding hydrogens is 746 g/mol. The Hall–Kier alpha value is -5.17. The van der Waals surface area contributed by atoms with Crippen LogP contribution in [0.2, 0.25) is 5.02 Å². The number of ether oxygens (including phenoxy) is 3. The van der Waals surface area contributed by atoms with Crippen LogP contribution in [0.3, 0.4) is 0 Å². The molecule has 292 valence electrons. The highest BCUT2D eigenvalue weighted by molar-refractivity contribution is 6.36. The number of pyridine rings is 1. The van der Waals surface area contributed by atoms with Gasteiger partial charge >= 0.3 is 18.2 Å². The van der Waals surface area contributed by atoms with Gasteiger partial charge in [-0.3, -0.25) is 14.8 Å². The molecule has 2 saturated heterocycles. The number of nitrogens with zero attached hydrogens (tertiary/aromatic N) is 7. The normalized spacial score (nSPS) is 18.8. The molecule has 2 fully saturated rings. The van der Waals surface area contributed by atoms with E-state index in [1.54, 1.807) is 64.6 Å². The Kier molecular flexibility index (Phi) is 10.6. The van der Waals surface area contributed by atoms with Gasteiger partial charge in [-0.2, -0.15) is 9.97 Å². The third kappa shape index (κ3) is 8.56. The van der Waals surface area contributed by atoms with Crippen molar-refractivity contribution in [2.45, 2.75) is 77.2 Å². The van der Waals surface area contributed by atoms with Gasteiger partial charge in [-0.15, -0.1) is 0 Å². The van der Waals surface area contributed by atoms with E-state index in [0.29, 0.717) is 5.39 Å². The minimum absolute atomic E-state index is 0.0757. The second-order valence-electron chi connectivity index (χ2n) is 15.5. The van der Waals surface area contributed by atoms with E-state index < -0.39 is 78.6 Å². The Bertz CT molecular complexity index is 2190. The van der Waals surface area contributed by atoms with Gasteiger partial charge in [-0.05, 0) is 53.0 Å². The van der Waals surface area contributed by atoms with Gasteiger partial charge in [0.15, 0.2) is 5.82 Å². The van der Waals surface area contributed by atoms with Gasteiger partial charge in [0.1, 0.15) is 46.7 Å². The van der Waals surface area contributed by atoms with Crippen molar-refractivity contribution in [2.75, 3.05) is 44.2 Å². The molecular formula is C38H40ClF4N7O5. The fourth-order valence-electron chi connectivity index (χ4n) is 6.64. The highest BCUT2D eigenvalue weighted by Crippen LogP contribution is 2.39. The maximum atomic E-state index is 16.9. The first-order chi connectivity index (χ1) is 25.7. The van der Waals surface area contributed by atoms with Gasteiger partial charge in [0.2, 0.25) is 6.54 Å². The molecule has 0 saturated carbocycles. The number of amides is 2. The average Bonchev–Trinajstić information content (AvgIpc) is 3.41. The van der Waals surface area contributed by atoms with Crippen molar-refractivity contribution in [3.8, 4) is 17.3 Å². The first-order valence-electron chi connectivity index (χ1n) is 17.6. The fourth-order valence-corrected chi connectivity index (χ4v) is 6.92. The van der Waals surface area contributed by atoms with E-state index in [1.807, 2.05) is 0 Å². The lowest BCUT2D eigenvalue weighted by Gasteiger charge is -2.40. The second-order valence-corrected chi connectivity index (χ2v) is 15.9. The van der Waals surface area contributed by atoms with Crippen LogP contribution in [0.4, 0.5) is 33.0 Å². The van der Waals surface area contributed by atoms with E-state index in [1.165, 1.54) is 23.2 Å². The minimum atomic E-state index is -3.22. The molecule has 2 aromatic carbocycles. The van der Waals surface area contributed by atoms with Crippen molar-refractivity contribution in [3.63, 3.8) is 0 Å². The van der Waals surface area contributed by atoms with Crippen LogP contribution in [-0.2, 0) is 9.47 Å². The molecule has 0 N–H and O–H groups in total. The van der Waals surface area contributed by atoms with Gasteiger partial charge < -0.3 is 24.0 Å². The standard InChI is InChI=1S/C38H40ClF4N7O5/c1-36(2,3)54-34(51)49-14-13-48(18-23(49)16-44-7)32-25-17-45-30(24-10-8-9-21-11-12-26(40)28(39)27(21)24)29(41)31(25)46-33(47-32)53-19-22-15-38(42,43)20-50(22)35(52)55-37(4,5)6/h8-12,17,22-23H,13-16,18-20H2,1-6H3/t22-,23-/m0/s1. The summed E-state index contributed by atoms with van der Waals surface area (Å²) in [5.41, 5.74) is -2.00. The molecule has 0 unspecified atom stereocenters. The number of carbonyl (C=O) groups is 2. The Balaban J connectivity index is 1.42. The molecule has 2 aliphatic heterocycles. The Labute approximate surface area is 320 Å². The van der Waals surface area contributed by atoms with Crippen LogP contribution in [0.15, 0.2) is 36.5 Å². The predicted octanol–water partition coefficient (Wildman–Crippen LogP) is 8.15. The first kappa shape index (κ1) is 39.5. The van der Waals surface area contributed by atoms with Gasteiger partial charge in [-0.1, -0.05) is 35.9 Å². The molecule has 0 bridgehead atoms. The number of aromatic nitrogens is 3. The summed E-state index contributed by atoms with van der Waals surface area (Å²) in [4.78, 5) is 47.0. The van der Waals surface area contributed by atoms with Gasteiger partial charge in [0.05, 0.1) is 23.0 Å². The van der Waals surface area contributed by atoms with E-state index in [4.69, 9.17) is 32.4 Å². The van der Waals surface area contributed by atoms with Crippen LogP contribution in [0.5, 0.6) is 6.01 Å². The number of benzene rings is 2. The highest BCUT2D eigenvalue weighted by Gasteiger charge is 2.49. The highest BCUT2D eigenvalue weighted by atomic mass is 35.5. The number of likely N-dealkylation sites (tertiary alicyclic amines) is 1. The minimum Gasteiger partial charge on any atom is -0.461 e. The topological polar surface area (TPSA) is 115 Å². The Morgan fingerprint density at radius 2 is 1.67 bits per heavy atom.